The second-order valence-corrected chi connectivity index (χ2v) is 5.91. The van der Waals surface area contributed by atoms with E-state index in [2.05, 4.69) is 9.97 Å². The molecule has 0 spiro atoms. The summed E-state index contributed by atoms with van der Waals surface area (Å²) in [7, 11) is 0. The molecule has 0 amide bonds. The molecule has 1 atom stereocenters. The number of nitrogens with zero attached hydrogens (tertiary/aromatic N) is 1. The Bertz CT molecular complexity index is 1070. The van der Waals surface area contributed by atoms with Crippen LogP contribution in [0, 0.1) is 0 Å². The van der Waals surface area contributed by atoms with Gasteiger partial charge in [0.1, 0.15) is 17.4 Å². The molecule has 1 aromatic carbocycles. The summed E-state index contributed by atoms with van der Waals surface area (Å²) in [6, 6.07) is 8.08. The van der Waals surface area contributed by atoms with E-state index in [-0.39, 0.29) is 34.7 Å². The number of alkyl halides is 3. The fourth-order valence-corrected chi connectivity index (χ4v) is 3.10. The minimum absolute atomic E-state index is 0.00430. The lowest BCUT2D eigenvalue weighted by Crippen LogP contribution is -2.18. The number of hydrogen-bond acceptors (Lipinski definition) is 5. The molecule has 0 radical (unpaired) electrons. The highest BCUT2D eigenvalue weighted by molar-refractivity contribution is 5.99. The largest absolute Gasteiger partial charge is 0.463 e. The van der Waals surface area contributed by atoms with Crippen LogP contribution in [-0.2, 0) is 17.3 Å². The predicted molar refractivity (Wildman–Crippen MR) is 85.9 cm³/mol. The molecule has 27 heavy (non-hydrogen) atoms. The average molecular weight is 376 g/mol. The Morgan fingerprint density at radius 2 is 1.89 bits per heavy atom. The Hall–Kier alpha value is -3.36. The Labute approximate surface area is 149 Å². The summed E-state index contributed by atoms with van der Waals surface area (Å²) >= 11 is 0. The molecule has 0 aliphatic carbocycles. The van der Waals surface area contributed by atoms with Crippen molar-refractivity contribution in [3.05, 3.63) is 75.5 Å². The van der Waals surface area contributed by atoms with Crippen LogP contribution in [0.1, 0.15) is 33.3 Å². The molecule has 138 valence electrons. The van der Waals surface area contributed by atoms with Crippen molar-refractivity contribution in [3.8, 4) is 11.5 Å². The number of ether oxygens (including phenoxy) is 1. The number of hydrogen-bond donors (Lipinski definition) is 1. The van der Waals surface area contributed by atoms with Gasteiger partial charge in [0, 0.05) is 6.42 Å². The zero-order valence-corrected chi connectivity index (χ0v) is 13.5. The Kier molecular flexibility index (Phi) is 3.87. The summed E-state index contributed by atoms with van der Waals surface area (Å²) in [5, 5.41) is 0. The highest BCUT2D eigenvalue weighted by Crippen LogP contribution is 2.38. The lowest BCUT2D eigenvalue weighted by atomic mass is 9.98. The fraction of sp³-hybridized carbons (Fsp3) is 0.167. The second kappa shape index (κ2) is 6.11. The maximum Gasteiger partial charge on any atom is 0.416 e. The van der Waals surface area contributed by atoms with Crippen LogP contribution in [0.2, 0.25) is 0 Å². The third-order valence-electron chi connectivity index (χ3n) is 4.22. The van der Waals surface area contributed by atoms with Crippen LogP contribution in [0.3, 0.4) is 0 Å². The summed E-state index contributed by atoms with van der Waals surface area (Å²) < 4.78 is 50.1. The van der Waals surface area contributed by atoms with E-state index in [1.807, 2.05) is 0 Å². The second-order valence-electron chi connectivity index (χ2n) is 5.91. The van der Waals surface area contributed by atoms with Gasteiger partial charge in [-0.15, -0.1) is 0 Å². The number of fused-ring (bicyclic) bond motifs is 1. The number of rotatable bonds is 3. The summed E-state index contributed by atoms with van der Waals surface area (Å²) in [4.78, 5) is 30.4. The molecular formula is C18H11F3N2O4. The number of furan rings is 1. The molecule has 9 heteroatoms. The maximum absolute atomic E-state index is 13.2. The fourth-order valence-electron chi connectivity index (χ4n) is 3.10. The zero-order valence-electron chi connectivity index (χ0n) is 13.5. The molecule has 4 rings (SSSR count). The van der Waals surface area contributed by atoms with Crippen molar-refractivity contribution in [2.45, 2.75) is 18.7 Å². The highest BCUT2D eigenvalue weighted by atomic mass is 19.4. The number of cyclic esters (lactones) is 1. The summed E-state index contributed by atoms with van der Waals surface area (Å²) in [5.74, 6) is -0.597. The van der Waals surface area contributed by atoms with Crippen LogP contribution in [0.4, 0.5) is 13.2 Å². The minimum Gasteiger partial charge on any atom is -0.463 e. The molecular weight excluding hydrogens is 365 g/mol. The van der Waals surface area contributed by atoms with Gasteiger partial charge in [0.05, 0.1) is 17.5 Å². The van der Waals surface area contributed by atoms with Gasteiger partial charge in [0.25, 0.3) is 0 Å². The SMILES string of the molecule is O=C1OC(Cc2ccccc2C(F)(F)F)c2[nH]c(=O)nc(-c3ccco3)c21. The summed E-state index contributed by atoms with van der Waals surface area (Å²) in [6.07, 6.45) is -4.51. The smallest absolute Gasteiger partial charge is 0.416 e. The molecule has 6 nitrogen and oxygen atoms in total. The first kappa shape index (κ1) is 17.1. The number of aromatic amines is 1. The van der Waals surface area contributed by atoms with Gasteiger partial charge in [-0.1, -0.05) is 18.2 Å². The van der Waals surface area contributed by atoms with Gasteiger partial charge in [-0.2, -0.15) is 18.2 Å². The Balaban J connectivity index is 1.79. The molecule has 1 aliphatic heterocycles. The number of nitrogens with one attached hydrogen (secondary N) is 1. The van der Waals surface area contributed by atoms with Crippen LogP contribution in [0.15, 0.2) is 51.9 Å². The first-order chi connectivity index (χ1) is 12.8. The average Bonchev–Trinajstić information content (AvgIpc) is 3.23. The van der Waals surface area contributed by atoms with E-state index in [1.54, 1.807) is 6.07 Å². The molecule has 2 aromatic heterocycles. The molecule has 3 aromatic rings. The van der Waals surface area contributed by atoms with Crippen molar-refractivity contribution < 1.29 is 27.1 Å². The number of esters is 1. The van der Waals surface area contributed by atoms with Gasteiger partial charge in [0.2, 0.25) is 0 Å². The van der Waals surface area contributed by atoms with E-state index in [9.17, 15) is 22.8 Å². The minimum atomic E-state index is -4.55. The first-order valence-corrected chi connectivity index (χ1v) is 7.89. The topological polar surface area (TPSA) is 85.2 Å². The van der Waals surface area contributed by atoms with Crippen molar-refractivity contribution in [1.29, 1.82) is 0 Å². The van der Waals surface area contributed by atoms with Crippen molar-refractivity contribution in [2.24, 2.45) is 0 Å². The number of halogens is 3. The number of carbonyl (C=O) groups excluding carboxylic acids is 1. The standard InChI is InChI=1S/C18H11F3N2O4/c19-18(20,21)10-5-2-1-4-9(10)8-12-15-13(16(24)27-12)14(22-17(25)23-15)11-6-3-7-26-11/h1-7,12H,8H2,(H,22,23,25). The third-order valence-corrected chi connectivity index (χ3v) is 4.22. The third kappa shape index (κ3) is 3.01. The van der Waals surface area contributed by atoms with Gasteiger partial charge in [-0.05, 0) is 23.8 Å². The van der Waals surface area contributed by atoms with Gasteiger partial charge in [-0.25, -0.2) is 9.59 Å². The van der Waals surface area contributed by atoms with E-state index in [0.29, 0.717) is 0 Å². The molecule has 3 heterocycles. The molecule has 0 fully saturated rings. The van der Waals surface area contributed by atoms with Crippen LogP contribution < -0.4 is 5.69 Å². The van der Waals surface area contributed by atoms with Crippen molar-refractivity contribution in [2.75, 3.05) is 0 Å². The molecule has 1 aliphatic rings. The van der Waals surface area contributed by atoms with E-state index < -0.39 is 29.5 Å². The monoisotopic (exact) mass is 376 g/mol. The summed E-state index contributed by atoms with van der Waals surface area (Å²) in [6.45, 7) is 0. The summed E-state index contributed by atoms with van der Waals surface area (Å²) in [5.41, 5.74) is -1.56. The van der Waals surface area contributed by atoms with Crippen LogP contribution >= 0.6 is 0 Å². The van der Waals surface area contributed by atoms with Crippen molar-refractivity contribution in [3.63, 3.8) is 0 Å². The number of benzene rings is 1. The van der Waals surface area contributed by atoms with Gasteiger partial charge in [0.15, 0.2) is 5.76 Å². The lowest BCUT2D eigenvalue weighted by molar-refractivity contribution is -0.138. The van der Waals surface area contributed by atoms with Gasteiger partial charge >= 0.3 is 17.8 Å². The maximum atomic E-state index is 13.2. The Morgan fingerprint density at radius 1 is 1.11 bits per heavy atom. The van der Waals surface area contributed by atoms with Crippen LogP contribution in [-0.4, -0.2) is 15.9 Å². The van der Waals surface area contributed by atoms with Crippen molar-refractivity contribution >= 4 is 5.97 Å². The number of aromatic nitrogens is 2. The van der Waals surface area contributed by atoms with E-state index in [4.69, 9.17) is 9.15 Å². The van der Waals surface area contributed by atoms with Gasteiger partial charge in [-0.3, -0.25) is 0 Å². The van der Waals surface area contributed by atoms with E-state index in [0.717, 1.165) is 6.07 Å². The number of carbonyl (C=O) groups is 1. The lowest BCUT2D eigenvalue weighted by Gasteiger charge is -2.15. The van der Waals surface area contributed by atoms with E-state index in [1.165, 1.54) is 30.5 Å². The molecule has 1 unspecified atom stereocenters. The highest BCUT2D eigenvalue weighted by Gasteiger charge is 2.39. The predicted octanol–water partition coefficient (Wildman–Crippen LogP) is 3.50. The van der Waals surface area contributed by atoms with Crippen LogP contribution in [0.5, 0.6) is 0 Å². The Morgan fingerprint density at radius 3 is 2.59 bits per heavy atom. The molecule has 0 bridgehead atoms. The molecule has 1 N–H and O–H groups in total. The first-order valence-electron chi connectivity index (χ1n) is 7.89. The zero-order chi connectivity index (χ0) is 19.2. The van der Waals surface area contributed by atoms with Crippen LogP contribution in [0.25, 0.3) is 11.5 Å². The van der Waals surface area contributed by atoms with E-state index >= 15 is 0 Å². The normalized spacial score (nSPS) is 16.3. The number of H-pyrrole nitrogens is 1. The molecule has 0 saturated heterocycles. The van der Waals surface area contributed by atoms with Crippen molar-refractivity contribution in [1.82, 2.24) is 9.97 Å². The molecule has 0 saturated carbocycles. The quantitative estimate of drug-likeness (QED) is 0.707. The van der Waals surface area contributed by atoms with Gasteiger partial charge < -0.3 is 14.1 Å².